The third-order valence-electron chi connectivity index (χ3n) is 1.41. The fourth-order valence-electron chi connectivity index (χ4n) is 0.768. The van der Waals surface area contributed by atoms with E-state index in [0.29, 0.717) is 17.1 Å². The van der Waals surface area contributed by atoms with Crippen molar-refractivity contribution >= 4 is 27.3 Å². The third kappa shape index (κ3) is 1.40. The van der Waals surface area contributed by atoms with Gasteiger partial charge in [-0.25, -0.2) is 0 Å². The summed E-state index contributed by atoms with van der Waals surface area (Å²) in [4.78, 5) is 0. The molecule has 0 aliphatic carbocycles. The molecule has 0 saturated carbocycles. The predicted molar refractivity (Wildman–Crippen MR) is 49.5 cm³/mol. The zero-order chi connectivity index (χ0) is 8.43. The summed E-state index contributed by atoms with van der Waals surface area (Å²) < 4.78 is 5.74. The highest BCUT2D eigenvalue weighted by Crippen LogP contribution is 2.33. The van der Waals surface area contributed by atoms with E-state index in [-0.39, 0.29) is 0 Å². The second kappa shape index (κ2) is 3.00. The molecule has 0 radical (unpaired) electrons. The van der Waals surface area contributed by atoms with E-state index in [0.717, 1.165) is 4.47 Å². The smallest absolute Gasteiger partial charge is 0.143 e. The Balaban J connectivity index is 3.25. The van der Waals surface area contributed by atoms with Gasteiger partial charge in [-0.3, -0.25) is 0 Å². The number of anilines is 2. The lowest BCUT2D eigenvalue weighted by atomic mass is 10.2. The van der Waals surface area contributed by atoms with E-state index in [1.165, 1.54) is 0 Å². The van der Waals surface area contributed by atoms with E-state index in [4.69, 9.17) is 16.2 Å². The highest BCUT2D eigenvalue weighted by atomic mass is 79.9. The second-order valence-electron chi connectivity index (χ2n) is 2.08. The van der Waals surface area contributed by atoms with Crippen molar-refractivity contribution in [3.8, 4) is 5.75 Å². The molecule has 0 aliphatic rings. The Bertz CT molecular complexity index is 275. The molecule has 0 fully saturated rings. The van der Waals surface area contributed by atoms with E-state index in [2.05, 4.69) is 15.9 Å². The molecular formula is C7H9BrN2O. The van der Waals surface area contributed by atoms with Crippen molar-refractivity contribution in [2.45, 2.75) is 0 Å². The minimum absolute atomic E-state index is 0.474. The van der Waals surface area contributed by atoms with Crippen LogP contribution < -0.4 is 16.2 Å². The van der Waals surface area contributed by atoms with Crippen LogP contribution in [0, 0.1) is 0 Å². The lowest BCUT2D eigenvalue weighted by Gasteiger charge is -2.07. The fourth-order valence-corrected chi connectivity index (χ4v) is 1.11. The summed E-state index contributed by atoms with van der Waals surface area (Å²) in [5.74, 6) is 0.602. The van der Waals surface area contributed by atoms with Gasteiger partial charge in [0.05, 0.1) is 18.5 Å². The van der Waals surface area contributed by atoms with Crippen LogP contribution in [0.3, 0.4) is 0 Å². The molecule has 11 heavy (non-hydrogen) atoms. The van der Waals surface area contributed by atoms with E-state index in [9.17, 15) is 0 Å². The first-order valence-corrected chi connectivity index (χ1v) is 3.83. The average Bonchev–Trinajstić information content (AvgIpc) is 2.01. The third-order valence-corrected chi connectivity index (χ3v) is 2.11. The Morgan fingerprint density at radius 2 is 1.91 bits per heavy atom. The van der Waals surface area contributed by atoms with Crippen molar-refractivity contribution in [1.29, 1.82) is 0 Å². The minimum Gasteiger partial charge on any atom is -0.495 e. The molecule has 4 N–H and O–H groups in total. The molecule has 0 spiro atoms. The molecule has 0 aliphatic heterocycles. The van der Waals surface area contributed by atoms with Gasteiger partial charge in [-0.1, -0.05) is 0 Å². The van der Waals surface area contributed by atoms with Gasteiger partial charge < -0.3 is 16.2 Å². The minimum atomic E-state index is 0.474. The number of hydrogen-bond acceptors (Lipinski definition) is 3. The molecule has 1 aromatic carbocycles. The first kappa shape index (κ1) is 8.20. The molecule has 1 rings (SSSR count). The number of benzene rings is 1. The van der Waals surface area contributed by atoms with Crippen LogP contribution in [0.1, 0.15) is 0 Å². The zero-order valence-electron chi connectivity index (χ0n) is 6.10. The number of ether oxygens (including phenoxy) is 1. The molecule has 4 heteroatoms. The molecular weight excluding hydrogens is 208 g/mol. The molecule has 0 heterocycles. The van der Waals surface area contributed by atoms with Gasteiger partial charge >= 0.3 is 0 Å². The second-order valence-corrected chi connectivity index (χ2v) is 2.93. The van der Waals surface area contributed by atoms with Gasteiger partial charge in [0.25, 0.3) is 0 Å². The van der Waals surface area contributed by atoms with Gasteiger partial charge in [-0.2, -0.15) is 0 Å². The summed E-state index contributed by atoms with van der Waals surface area (Å²) in [6.07, 6.45) is 0. The summed E-state index contributed by atoms with van der Waals surface area (Å²) >= 11 is 3.25. The molecule has 3 nitrogen and oxygen atoms in total. The van der Waals surface area contributed by atoms with Crippen molar-refractivity contribution in [2.24, 2.45) is 0 Å². The highest BCUT2D eigenvalue weighted by molar-refractivity contribution is 9.10. The Kier molecular flexibility index (Phi) is 2.24. The summed E-state index contributed by atoms with van der Waals surface area (Å²) in [5.41, 5.74) is 12.2. The maximum absolute atomic E-state index is 5.61. The summed E-state index contributed by atoms with van der Waals surface area (Å²) in [7, 11) is 1.55. The number of nitrogen functional groups attached to an aromatic ring is 2. The molecule has 1 aromatic rings. The maximum atomic E-state index is 5.61. The molecule has 0 aromatic heterocycles. The Morgan fingerprint density at radius 3 is 2.45 bits per heavy atom. The van der Waals surface area contributed by atoms with Crippen molar-refractivity contribution in [1.82, 2.24) is 0 Å². The number of rotatable bonds is 1. The van der Waals surface area contributed by atoms with Crippen LogP contribution in [0.15, 0.2) is 16.6 Å². The van der Waals surface area contributed by atoms with Gasteiger partial charge in [0.15, 0.2) is 0 Å². The number of halogens is 1. The van der Waals surface area contributed by atoms with Crippen LogP contribution in [-0.2, 0) is 0 Å². The average molecular weight is 217 g/mol. The van der Waals surface area contributed by atoms with Crippen LogP contribution in [0.5, 0.6) is 5.75 Å². The van der Waals surface area contributed by atoms with Crippen LogP contribution in [0.4, 0.5) is 11.4 Å². The summed E-state index contributed by atoms with van der Waals surface area (Å²) in [6, 6.07) is 3.56. The maximum Gasteiger partial charge on any atom is 0.143 e. The van der Waals surface area contributed by atoms with Crippen LogP contribution in [0.25, 0.3) is 0 Å². The van der Waals surface area contributed by atoms with Gasteiger partial charge in [0.2, 0.25) is 0 Å². The van der Waals surface area contributed by atoms with Crippen LogP contribution >= 0.6 is 15.9 Å². The Hall–Kier alpha value is -0.900. The largest absolute Gasteiger partial charge is 0.495 e. The van der Waals surface area contributed by atoms with Gasteiger partial charge in [-0.05, 0) is 28.1 Å². The van der Waals surface area contributed by atoms with Crippen molar-refractivity contribution in [3.05, 3.63) is 16.6 Å². The molecule has 60 valence electrons. The SMILES string of the molecule is COc1ccc(Br)c(N)c1N. The number of hydrogen-bond donors (Lipinski definition) is 2. The standard InChI is InChI=1S/C7H9BrN2O/c1-11-5-3-2-4(8)6(9)7(5)10/h2-3H,9-10H2,1H3. The fraction of sp³-hybridized carbons (Fsp3) is 0.143. The van der Waals surface area contributed by atoms with Crippen LogP contribution in [-0.4, -0.2) is 7.11 Å². The lowest BCUT2D eigenvalue weighted by Crippen LogP contribution is -1.98. The van der Waals surface area contributed by atoms with Gasteiger partial charge in [-0.15, -0.1) is 0 Å². The van der Waals surface area contributed by atoms with Crippen molar-refractivity contribution < 1.29 is 4.74 Å². The highest BCUT2D eigenvalue weighted by Gasteiger charge is 2.04. The first-order valence-electron chi connectivity index (χ1n) is 3.04. The van der Waals surface area contributed by atoms with E-state index in [1.807, 2.05) is 0 Å². The van der Waals surface area contributed by atoms with Crippen LogP contribution in [0.2, 0.25) is 0 Å². The normalized spacial score (nSPS) is 9.64. The topological polar surface area (TPSA) is 61.3 Å². The van der Waals surface area contributed by atoms with Gasteiger partial charge in [0, 0.05) is 4.47 Å². The van der Waals surface area contributed by atoms with Crippen molar-refractivity contribution in [2.75, 3.05) is 18.6 Å². The first-order chi connectivity index (χ1) is 5.16. The van der Waals surface area contributed by atoms with E-state index in [1.54, 1.807) is 19.2 Å². The zero-order valence-corrected chi connectivity index (χ0v) is 7.68. The summed E-state index contributed by atoms with van der Waals surface area (Å²) in [5, 5.41) is 0. The van der Waals surface area contributed by atoms with Crippen molar-refractivity contribution in [3.63, 3.8) is 0 Å². The Morgan fingerprint density at radius 1 is 1.27 bits per heavy atom. The number of methoxy groups -OCH3 is 1. The Labute approximate surface area is 73.5 Å². The van der Waals surface area contributed by atoms with E-state index < -0.39 is 0 Å². The number of nitrogens with two attached hydrogens (primary N) is 2. The molecule has 0 amide bonds. The molecule has 0 unspecified atom stereocenters. The molecule has 0 saturated heterocycles. The molecule has 0 atom stereocenters. The van der Waals surface area contributed by atoms with E-state index >= 15 is 0 Å². The summed E-state index contributed by atoms with van der Waals surface area (Å²) in [6.45, 7) is 0. The quantitative estimate of drug-likeness (QED) is 0.702. The van der Waals surface area contributed by atoms with Gasteiger partial charge in [0.1, 0.15) is 5.75 Å². The molecule has 0 bridgehead atoms. The lowest BCUT2D eigenvalue weighted by molar-refractivity contribution is 0.417. The predicted octanol–water partition coefficient (Wildman–Crippen LogP) is 1.62. The monoisotopic (exact) mass is 216 g/mol.